The van der Waals surface area contributed by atoms with Gasteiger partial charge in [0, 0.05) is 29.7 Å². The highest BCUT2D eigenvalue weighted by atomic mass is 32.2. The summed E-state index contributed by atoms with van der Waals surface area (Å²) in [4.78, 5) is 29.6. The van der Waals surface area contributed by atoms with E-state index in [9.17, 15) is 9.59 Å². The Morgan fingerprint density at radius 3 is 2.35 bits per heavy atom. The van der Waals surface area contributed by atoms with Crippen LogP contribution < -0.4 is 10.1 Å². The van der Waals surface area contributed by atoms with Crippen LogP contribution in [-0.2, 0) is 16.1 Å². The average molecular weight is 483 g/mol. The zero-order valence-electron chi connectivity index (χ0n) is 20.7. The molecule has 0 spiro atoms. The van der Waals surface area contributed by atoms with Crippen molar-refractivity contribution in [1.82, 2.24) is 10.2 Å². The number of nitrogens with zero attached hydrogens (tertiary/aromatic N) is 1. The zero-order chi connectivity index (χ0) is 24.3. The van der Waals surface area contributed by atoms with Crippen LogP contribution in [0.2, 0.25) is 0 Å². The van der Waals surface area contributed by atoms with E-state index >= 15 is 0 Å². The van der Waals surface area contributed by atoms with Gasteiger partial charge in [-0.05, 0) is 56.0 Å². The predicted molar refractivity (Wildman–Crippen MR) is 139 cm³/mol. The standard InChI is InChI=1S/C28H38N2O3S/c1-4-26(28(32)29-23-8-6-5-7-9-23)30(20-22-12-14-24(33-3)15-13-22)27(31)18-19-34-25-16-10-21(2)11-17-25/h10-17,23,26H,4-9,18-20H2,1-3H3,(H,29,32)/t26-/m0/s1. The lowest BCUT2D eigenvalue weighted by molar-refractivity contribution is -0.141. The molecule has 1 N–H and O–H groups in total. The maximum Gasteiger partial charge on any atom is 0.243 e. The second-order valence-corrected chi connectivity index (χ2v) is 10.2. The first kappa shape index (κ1) is 26.1. The van der Waals surface area contributed by atoms with Gasteiger partial charge in [0.25, 0.3) is 0 Å². The number of amides is 2. The van der Waals surface area contributed by atoms with E-state index in [1.807, 2.05) is 31.2 Å². The normalized spacial score (nSPS) is 14.9. The molecule has 0 saturated heterocycles. The zero-order valence-corrected chi connectivity index (χ0v) is 21.5. The molecule has 3 rings (SSSR count). The summed E-state index contributed by atoms with van der Waals surface area (Å²) in [5, 5.41) is 3.24. The first-order valence-corrected chi connectivity index (χ1v) is 13.4. The molecule has 1 saturated carbocycles. The van der Waals surface area contributed by atoms with Gasteiger partial charge < -0.3 is 15.0 Å². The van der Waals surface area contributed by atoms with Crippen molar-refractivity contribution in [3.63, 3.8) is 0 Å². The van der Waals surface area contributed by atoms with Gasteiger partial charge in [-0.15, -0.1) is 11.8 Å². The van der Waals surface area contributed by atoms with Crippen LogP contribution in [0.25, 0.3) is 0 Å². The number of aryl methyl sites for hydroxylation is 1. The first-order valence-electron chi connectivity index (χ1n) is 12.4. The topological polar surface area (TPSA) is 58.6 Å². The van der Waals surface area contributed by atoms with Gasteiger partial charge in [0.1, 0.15) is 11.8 Å². The molecule has 1 aliphatic rings. The summed E-state index contributed by atoms with van der Waals surface area (Å²) < 4.78 is 5.27. The van der Waals surface area contributed by atoms with Crippen molar-refractivity contribution in [1.29, 1.82) is 0 Å². The number of benzene rings is 2. The summed E-state index contributed by atoms with van der Waals surface area (Å²) in [6.07, 6.45) is 6.60. The molecule has 0 radical (unpaired) electrons. The van der Waals surface area contributed by atoms with Gasteiger partial charge in [-0.25, -0.2) is 0 Å². The highest BCUT2D eigenvalue weighted by molar-refractivity contribution is 7.99. The highest BCUT2D eigenvalue weighted by Crippen LogP contribution is 2.22. The monoisotopic (exact) mass is 482 g/mol. The number of ether oxygens (including phenoxy) is 1. The minimum absolute atomic E-state index is 0.0149. The van der Waals surface area contributed by atoms with Crippen LogP contribution in [0.3, 0.4) is 0 Å². The van der Waals surface area contributed by atoms with Gasteiger partial charge in [0.2, 0.25) is 11.8 Å². The summed E-state index contributed by atoms with van der Waals surface area (Å²) >= 11 is 1.68. The maximum atomic E-state index is 13.4. The van der Waals surface area contributed by atoms with Gasteiger partial charge in [-0.3, -0.25) is 9.59 Å². The molecule has 0 heterocycles. The summed E-state index contributed by atoms with van der Waals surface area (Å²) in [6, 6.07) is 15.8. The summed E-state index contributed by atoms with van der Waals surface area (Å²) in [5.41, 5.74) is 2.21. The first-order chi connectivity index (χ1) is 16.5. The minimum atomic E-state index is -0.471. The molecule has 2 aromatic carbocycles. The van der Waals surface area contributed by atoms with E-state index in [2.05, 4.69) is 36.5 Å². The van der Waals surface area contributed by atoms with Crippen molar-refractivity contribution < 1.29 is 14.3 Å². The number of rotatable bonds is 11. The lowest BCUT2D eigenvalue weighted by atomic mass is 9.95. The molecule has 5 nitrogen and oxygen atoms in total. The van der Waals surface area contributed by atoms with Crippen LogP contribution >= 0.6 is 11.8 Å². The number of hydrogen-bond donors (Lipinski definition) is 1. The fraction of sp³-hybridized carbons (Fsp3) is 0.500. The SMILES string of the molecule is CC[C@@H](C(=O)NC1CCCCC1)N(Cc1ccc(OC)cc1)C(=O)CCSc1ccc(C)cc1. The van der Waals surface area contributed by atoms with Crippen LogP contribution in [0.15, 0.2) is 53.4 Å². The summed E-state index contributed by atoms with van der Waals surface area (Å²) in [7, 11) is 1.64. The molecule has 2 aromatic rings. The molecule has 0 aromatic heterocycles. The van der Waals surface area contributed by atoms with Crippen LogP contribution in [0.1, 0.15) is 63.0 Å². The molecule has 34 heavy (non-hydrogen) atoms. The molecular weight excluding hydrogens is 444 g/mol. The molecule has 184 valence electrons. The lowest BCUT2D eigenvalue weighted by Crippen LogP contribution is -2.51. The summed E-state index contributed by atoms with van der Waals surface area (Å²) in [5.74, 6) is 1.45. The predicted octanol–water partition coefficient (Wildman–Crippen LogP) is 5.74. The fourth-order valence-corrected chi connectivity index (χ4v) is 5.27. The van der Waals surface area contributed by atoms with Gasteiger partial charge >= 0.3 is 0 Å². The highest BCUT2D eigenvalue weighted by Gasteiger charge is 2.30. The second-order valence-electron chi connectivity index (χ2n) is 9.05. The van der Waals surface area contributed by atoms with E-state index in [1.54, 1.807) is 23.8 Å². The Morgan fingerprint density at radius 2 is 1.74 bits per heavy atom. The third-order valence-electron chi connectivity index (χ3n) is 6.46. The van der Waals surface area contributed by atoms with Gasteiger partial charge in [-0.2, -0.15) is 0 Å². The Bertz CT molecular complexity index is 908. The van der Waals surface area contributed by atoms with Crippen LogP contribution in [0.5, 0.6) is 5.75 Å². The molecule has 1 fully saturated rings. The number of thioether (sulfide) groups is 1. The molecule has 2 amide bonds. The Morgan fingerprint density at radius 1 is 1.06 bits per heavy atom. The van der Waals surface area contributed by atoms with Crippen molar-refractivity contribution in [2.75, 3.05) is 12.9 Å². The lowest BCUT2D eigenvalue weighted by Gasteiger charge is -2.33. The van der Waals surface area contributed by atoms with E-state index in [4.69, 9.17) is 4.74 Å². The summed E-state index contributed by atoms with van der Waals surface area (Å²) in [6.45, 7) is 4.47. The van der Waals surface area contributed by atoms with E-state index in [1.165, 1.54) is 12.0 Å². The molecule has 6 heteroatoms. The molecule has 0 aliphatic heterocycles. The molecule has 0 bridgehead atoms. The largest absolute Gasteiger partial charge is 0.497 e. The average Bonchev–Trinajstić information content (AvgIpc) is 2.86. The number of methoxy groups -OCH3 is 1. The Hall–Kier alpha value is -2.47. The van der Waals surface area contributed by atoms with Crippen LogP contribution in [0.4, 0.5) is 0 Å². The molecule has 1 aliphatic carbocycles. The van der Waals surface area contributed by atoms with Crippen molar-refractivity contribution >= 4 is 23.6 Å². The fourth-order valence-electron chi connectivity index (χ4n) is 4.43. The Kier molecular flexibility index (Phi) is 10.3. The van der Waals surface area contributed by atoms with E-state index < -0.39 is 6.04 Å². The Balaban J connectivity index is 1.69. The third-order valence-corrected chi connectivity index (χ3v) is 7.47. The van der Waals surface area contributed by atoms with Gasteiger partial charge in [0.15, 0.2) is 0 Å². The van der Waals surface area contributed by atoms with Crippen LogP contribution in [0, 0.1) is 6.92 Å². The molecular formula is C28H38N2O3S. The number of carbonyl (C=O) groups excluding carboxylic acids is 2. The maximum absolute atomic E-state index is 13.4. The van der Waals surface area contributed by atoms with Crippen molar-refractivity contribution in [2.24, 2.45) is 0 Å². The number of carbonyl (C=O) groups is 2. The third kappa shape index (κ3) is 7.79. The van der Waals surface area contributed by atoms with Crippen LogP contribution in [-0.4, -0.2) is 41.7 Å². The number of nitrogens with one attached hydrogen (secondary N) is 1. The van der Waals surface area contributed by atoms with Crippen molar-refractivity contribution in [3.05, 3.63) is 59.7 Å². The van der Waals surface area contributed by atoms with Gasteiger partial charge in [-0.1, -0.05) is 56.0 Å². The molecule has 0 unspecified atom stereocenters. The second kappa shape index (κ2) is 13.4. The van der Waals surface area contributed by atoms with Gasteiger partial charge in [0.05, 0.1) is 7.11 Å². The Labute approximate surface area is 208 Å². The quantitative estimate of drug-likeness (QED) is 0.415. The molecule has 1 atom stereocenters. The minimum Gasteiger partial charge on any atom is -0.497 e. The number of hydrogen-bond acceptors (Lipinski definition) is 4. The van der Waals surface area contributed by atoms with E-state index in [-0.39, 0.29) is 17.9 Å². The smallest absolute Gasteiger partial charge is 0.243 e. The van der Waals surface area contributed by atoms with Crippen molar-refractivity contribution in [3.8, 4) is 5.75 Å². The van der Waals surface area contributed by atoms with Crippen molar-refractivity contribution in [2.45, 2.75) is 82.3 Å². The van der Waals surface area contributed by atoms with E-state index in [0.717, 1.165) is 41.9 Å². The van der Waals surface area contributed by atoms with E-state index in [0.29, 0.717) is 25.1 Å².